The van der Waals surface area contributed by atoms with Crippen LogP contribution in [0.5, 0.6) is 5.75 Å². The maximum Gasteiger partial charge on any atom is 0.311 e. The van der Waals surface area contributed by atoms with E-state index in [4.69, 9.17) is 4.74 Å². The summed E-state index contributed by atoms with van der Waals surface area (Å²) in [5.41, 5.74) is -0.245. The van der Waals surface area contributed by atoms with Gasteiger partial charge in [0.25, 0.3) is 5.91 Å². The van der Waals surface area contributed by atoms with Crippen molar-refractivity contribution in [2.75, 3.05) is 25.0 Å². The van der Waals surface area contributed by atoms with Crippen molar-refractivity contribution in [1.82, 2.24) is 4.31 Å². The molecule has 1 N–H and O–H groups in total. The van der Waals surface area contributed by atoms with Gasteiger partial charge in [-0.3, -0.25) is 14.9 Å². The molecule has 0 aliphatic carbocycles. The number of hydrogen-bond donors (Lipinski definition) is 1. The number of nitro groups is 1. The van der Waals surface area contributed by atoms with Crippen LogP contribution in [0.3, 0.4) is 0 Å². The molecule has 1 fully saturated rings. The molecule has 1 aliphatic heterocycles. The second-order valence-corrected chi connectivity index (χ2v) is 8.28. The van der Waals surface area contributed by atoms with Crippen LogP contribution in [-0.4, -0.2) is 43.2 Å². The first kappa shape index (κ1) is 20.7. The lowest BCUT2D eigenvalue weighted by atomic mass is 10.3. The number of nitrogens with zero attached hydrogens (tertiary/aromatic N) is 2. The summed E-state index contributed by atoms with van der Waals surface area (Å²) >= 11 is 0. The number of halogens is 1. The van der Waals surface area contributed by atoms with Gasteiger partial charge in [0.15, 0.2) is 6.61 Å². The number of nitro benzene ring substituents is 1. The first-order valence-electron chi connectivity index (χ1n) is 8.74. The van der Waals surface area contributed by atoms with Crippen LogP contribution >= 0.6 is 0 Å². The van der Waals surface area contributed by atoms with E-state index in [0.29, 0.717) is 13.1 Å². The fourth-order valence-corrected chi connectivity index (χ4v) is 4.47. The van der Waals surface area contributed by atoms with Crippen LogP contribution in [0.15, 0.2) is 47.4 Å². The van der Waals surface area contributed by atoms with Gasteiger partial charge in [-0.05, 0) is 37.1 Å². The zero-order valence-corrected chi connectivity index (χ0v) is 16.0. The highest BCUT2D eigenvalue weighted by Crippen LogP contribution is 2.27. The quantitative estimate of drug-likeness (QED) is 0.540. The van der Waals surface area contributed by atoms with Gasteiger partial charge in [0, 0.05) is 30.9 Å². The third-order valence-electron chi connectivity index (χ3n) is 4.30. The van der Waals surface area contributed by atoms with Crippen LogP contribution in [-0.2, 0) is 14.8 Å². The van der Waals surface area contributed by atoms with Gasteiger partial charge in [-0.15, -0.1) is 0 Å². The number of carbonyl (C=O) groups is 1. The monoisotopic (exact) mass is 423 g/mol. The van der Waals surface area contributed by atoms with Crippen LogP contribution in [0, 0.1) is 15.9 Å². The number of benzene rings is 2. The van der Waals surface area contributed by atoms with Crippen molar-refractivity contribution < 1.29 is 27.3 Å². The Kier molecular flexibility index (Phi) is 6.09. The standard InChI is InChI=1S/C18H18FN3O6S/c19-13-6-7-16(22(24)25)17(10-13)28-12-18(23)20-14-4-3-5-15(11-14)29(26,27)21-8-1-2-9-21/h3-7,10-11H,1-2,8-9,12H2,(H,20,23). The minimum atomic E-state index is -3.64. The Morgan fingerprint density at radius 2 is 1.93 bits per heavy atom. The molecule has 1 heterocycles. The molecule has 0 radical (unpaired) electrons. The number of sulfonamides is 1. The lowest BCUT2D eigenvalue weighted by Crippen LogP contribution is -2.28. The van der Waals surface area contributed by atoms with Crippen LogP contribution in [0.4, 0.5) is 15.8 Å². The largest absolute Gasteiger partial charge is 0.477 e. The van der Waals surface area contributed by atoms with Crippen molar-refractivity contribution in [3.05, 3.63) is 58.4 Å². The molecule has 0 unspecified atom stereocenters. The summed E-state index contributed by atoms with van der Waals surface area (Å²) in [5, 5.41) is 13.4. The molecule has 0 aromatic heterocycles. The number of anilines is 1. The maximum atomic E-state index is 13.3. The van der Waals surface area contributed by atoms with Crippen molar-refractivity contribution in [2.24, 2.45) is 0 Å². The lowest BCUT2D eigenvalue weighted by Gasteiger charge is -2.16. The molecule has 2 aromatic rings. The molecule has 0 atom stereocenters. The first-order valence-corrected chi connectivity index (χ1v) is 10.2. The van der Waals surface area contributed by atoms with Crippen LogP contribution in [0.2, 0.25) is 0 Å². The average Bonchev–Trinajstić information content (AvgIpc) is 3.22. The number of rotatable bonds is 7. The molecule has 9 nitrogen and oxygen atoms in total. The number of carbonyl (C=O) groups excluding carboxylic acids is 1. The normalized spacial score (nSPS) is 14.5. The zero-order valence-electron chi connectivity index (χ0n) is 15.2. The number of ether oxygens (including phenoxy) is 1. The van der Waals surface area contributed by atoms with Crippen molar-refractivity contribution in [3.63, 3.8) is 0 Å². The summed E-state index contributed by atoms with van der Waals surface area (Å²) in [4.78, 5) is 22.4. The predicted molar refractivity (Wildman–Crippen MR) is 102 cm³/mol. The SMILES string of the molecule is O=C(COc1cc(F)ccc1[N+](=O)[O-])Nc1cccc(S(=O)(=O)N2CCCC2)c1. The molecule has 1 amide bonds. The molecule has 29 heavy (non-hydrogen) atoms. The third kappa shape index (κ3) is 4.87. The Balaban J connectivity index is 1.68. The van der Waals surface area contributed by atoms with Crippen molar-refractivity contribution in [1.29, 1.82) is 0 Å². The Labute approximate surface area is 166 Å². The van der Waals surface area contributed by atoms with Gasteiger partial charge in [-0.25, -0.2) is 12.8 Å². The molecule has 154 valence electrons. The molecule has 1 aliphatic rings. The molecule has 0 bridgehead atoms. The Hall–Kier alpha value is -3.05. The molecule has 0 spiro atoms. The molecule has 2 aromatic carbocycles. The van der Waals surface area contributed by atoms with Crippen molar-refractivity contribution in [3.8, 4) is 5.75 Å². The Morgan fingerprint density at radius 3 is 2.62 bits per heavy atom. The molecular weight excluding hydrogens is 405 g/mol. The smallest absolute Gasteiger partial charge is 0.311 e. The second-order valence-electron chi connectivity index (χ2n) is 6.35. The van der Waals surface area contributed by atoms with Crippen LogP contribution in [0.25, 0.3) is 0 Å². The molecule has 3 rings (SSSR count). The van der Waals surface area contributed by atoms with E-state index in [-0.39, 0.29) is 16.3 Å². The first-order chi connectivity index (χ1) is 13.8. The summed E-state index contributed by atoms with van der Waals surface area (Å²) in [5.74, 6) is -1.80. The number of amides is 1. The predicted octanol–water partition coefficient (Wildman–Crippen LogP) is 2.54. The van der Waals surface area contributed by atoms with Gasteiger partial charge < -0.3 is 10.1 Å². The topological polar surface area (TPSA) is 119 Å². The summed E-state index contributed by atoms with van der Waals surface area (Å²) < 4.78 is 45.0. The van der Waals surface area contributed by atoms with Crippen molar-refractivity contribution >= 4 is 27.3 Å². The lowest BCUT2D eigenvalue weighted by molar-refractivity contribution is -0.385. The van der Waals surface area contributed by atoms with E-state index in [2.05, 4.69) is 5.32 Å². The Morgan fingerprint density at radius 1 is 1.21 bits per heavy atom. The van der Waals surface area contributed by atoms with Gasteiger partial charge in [-0.2, -0.15) is 4.31 Å². The second kappa shape index (κ2) is 8.53. The van der Waals surface area contributed by atoms with E-state index in [1.54, 1.807) is 0 Å². The summed E-state index contributed by atoms with van der Waals surface area (Å²) in [7, 11) is -3.64. The highest BCUT2D eigenvalue weighted by molar-refractivity contribution is 7.89. The van der Waals surface area contributed by atoms with Gasteiger partial charge in [-0.1, -0.05) is 6.07 Å². The third-order valence-corrected chi connectivity index (χ3v) is 6.19. The van der Waals surface area contributed by atoms with E-state index in [9.17, 15) is 27.7 Å². The van der Waals surface area contributed by atoms with E-state index in [0.717, 1.165) is 31.0 Å². The molecule has 0 saturated carbocycles. The summed E-state index contributed by atoms with van der Waals surface area (Å²) in [6.07, 6.45) is 1.61. The number of hydrogen-bond acceptors (Lipinski definition) is 6. The van der Waals surface area contributed by atoms with E-state index < -0.39 is 39.0 Å². The fraction of sp³-hybridized carbons (Fsp3) is 0.278. The van der Waals surface area contributed by atoms with Crippen LogP contribution in [0.1, 0.15) is 12.8 Å². The minimum absolute atomic E-state index is 0.0545. The van der Waals surface area contributed by atoms with Gasteiger partial charge in [0.05, 0.1) is 9.82 Å². The van der Waals surface area contributed by atoms with E-state index in [1.165, 1.54) is 28.6 Å². The molecular formula is C18H18FN3O6S. The zero-order chi connectivity index (χ0) is 21.0. The van der Waals surface area contributed by atoms with Gasteiger partial charge in [0.1, 0.15) is 5.82 Å². The van der Waals surface area contributed by atoms with Crippen LogP contribution < -0.4 is 10.1 Å². The summed E-state index contributed by atoms with van der Waals surface area (Å²) in [6.45, 7) is 0.297. The van der Waals surface area contributed by atoms with Crippen molar-refractivity contribution in [2.45, 2.75) is 17.7 Å². The minimum Gasteiger partial charge on any atom is -0.477 e. The highest BCUT2D eigenvalue weighted by Gasteiger charge is 2.27. The molecule has 1 saturated heterocycles. The van der Waals surface area contributed by atoms with Gasteiger partial charge >= 0.3 is 5.69 Å². The molecule has 11 heteroatoms. The summed E-state index contributed by atoms with van der Waals surface area (Å²) in [6, 6.07) is 8.44. The van der Waals surface area contributed by atoms with Gasteiger partial charge in [0.2, 0.25) is 15.8 Å². The van der Waals surface area contributed by atoms with E-state index in [1.807, 2.05) is 0 Å². The average molecular weight is 423 g/mol. The number of nitrogens with one attached hydrogen (secondary N) is 1. The highest BCUT2D eigenvalue weighted by atomic mass is 32.2. The Bertz CT molecular complexity index is 1040. The maximum absolute atomic E-state index is 13.3. The van der Waals surface area contributed by atoms with E-state index >= 15 is 0 Å². The fourth-order valence-electron chi connectivity index (χ4n) is 2.91.